The zero-order valence-electron chi connectivity index (χ0n) is 21.6. The van der Waals surface area contributed by atoms with E-state index in [4.69, 9.17) is 4.98 Å². The van der Waals surface area contributed by atoms with Crippen LogP contribution < -0.4 is 5.32 Å². The van der Waals surface area contributed by atoms with E-state index in [0.29, 0.717) is 40.4 Å². The summed E-state index contributed by atoms with van der Waals surface area (Å²) in [6.45, 7) is 6.06. The van der Waals surface area contributed by atoms with E-state index in [1.165, 1.54) is 12.1 Å². The number of anilines is 1. The number of aromatic nitrogens is 7. The summed E-state index contributed by atoms with van der Waals surface area (Å²) in [5, 5.41) is 11.1. The van der Waals surface area contributed by atoms with Crippen LogP contribution in [0, 0.1) is 11.2 Å². The van der Waals surface area contributed by atoms with Crippen molar-refractivity contribution in [2.24, 2.45) is 5.41 Å². The van der Waals surface area contributed by atoms with Gasteiger partial charge in [0.2, 0.25) is 5.91 Å². The smallest absolute Gasteiger partial charge is 0.224 e. The van der Waals surface area contributed by atoms with Gasteiger partial charge >= 0.3 is 0 Å². The molecule has 0 radical (unpaired) electrons. The Morgan fingerprint density at radius 1 is 0.949 bits per heavy atom. The molecular formula is C29H25FN8O. The summed E-state index contributed by atoms with van der Waals surface area (Å²) >= 11 is 0. The van der Waals surface area contributed by atoms with Gasteiger partial charge in [0, 0.05) is 41.7 Å². The second kappa shape index (κ2) is 9.39. The molecule has 0 atom stereocenters. The summed E-state index contributed by atoms with van der Waals surface area (Å²) in [5.74, 6) is 0.162. The van der Waals surface area contributed by atoms with Crippen LogP contribution in [-0.2, 0) is 4.79 Å². The zero-order valence-corrected chi connectivity index (χ0v) is 21.6. The predicted octanol–water partition coefficient (Wildman–Crippen LogP) is 6.14. The fourth-order valence-corrected chi connectivity index (χ4v) is 4.48. The van der Waals surface area contributed by atoms with Gasteiger partial charge in [-0.2, -0.15) is 5.10 Å². The Bertz CT molecular complexity index is 1830. The standard InChI is InChI=1S/C29H25FN8O/c1-29(2,3)12-23(39)34-20-10-17(13-31-15-20)18-11-22-25(37-38-26(22)33-14-18)28-35-24-21(8-9-32-27(24)36-28)16-4-6-19(30)7-5-16/h4-11,13-15H,12H2,1-3H3,(H,34,39)(H,32,35,36)(H,33,37,38). The predicted molar refractivity (Wildman–Crippen MR) is 148 cm³/mol. The molecule has 1 amide bonds. The van der Waals surface area contributed by atoms with Crippen molar-refractivity contribution in [3.63, 3.8) is 0 Å². The number of hydrogen-bond acceptors (Lipinski definition) is 6. The molecule has 0 unspecified atom stereocenters. The SMILES string of the molecule is CC(C)(C)CC(=O)Nc1cncc(-c2cnc3[nH]nc(-c4nc5c(-c6ccc(F)cc6)ccnc5[nH]4)c3c2)c1. The summed E-state index contributed by atoms with van der Waals surface area (Å²) < 4.78 is 13.5. The first-order chi connectivity index (χ1) is 18.7. The van der Waals surface area contributed by atoms with Crippen LogP contribution in [0.15, 0.2) is 67.3 Å². The maximum Gasteiger partial charge on any atom is 0.224 e. The number of rotatable bonds is 5. The molecule has 5 aromatic heterocycles. The van der Waals surface area contributed by atoms with E-state index in [-0.39, 0.29) is 17.1 Å². The first kappa shape index (κ1) is 24.4. The number of fused-ring (bicyclic) bond motifs is 2. The monoisotopic (exact) mass is 520 g/mol. The number of aromatic amines is 2. The number of H-pyrrole nitrogens is 2. The summed E-state index contributed by atoms with van der Waals surface area (Å²) in [7, 11) is 0. The van der Waals surface area contributed by atoms with E-state index >= 15 is 0 Å². The molecule has 5 heterocycles. The van der Waals surface area contributed by atoms with Gasteiger partial charge in [0.25, 0.3) is 0 Å². The van der Waals surface area contributed by atoms with Crippen LogP contribution >= 0.6 is 0 Å². The molecule has 0 saturated carbocycles. The van der Waals surface area contributed by atoms with Crippen molar-refractivity contribution in [1.29, 1.82) is 0 Å². The van der Waals surface area contributed by atoms with Crippen LogP contribution in [-0.4, -0.2) is 41.0 Å². The van der Waals surface area contributed by atoms with Crippen molar-refractivity contribution in [2.45, 2.75) is 27.2 Å². The summed E-state index contributed by atoms with van der Waals surface area (Å²) in [6.07, 6.45) is 7.17. The Morgan fingerprint density at radius 3 is 2.54 bits per heavy atom. The molecule has 0 spiro atoms. The zero-order chi connectivity index (χ0) is 27.1. The van der Waals surface area contributed by atoms with Gasteiger partial charge in [0.15, 0.2) is 17.1 Å². The molecule has 0 aliphatic heterocycles. The quantitative estimate of drug-likeness (QED) is 0.251. The molecule has 39 heavy (non-hydrogen) atoms. The molecule has 6 aromatic rings. The molecule has 0 bridgehead atoms. The van der Waals surface area contributed by atoms with E-state index in [1.54, 1.807) is 36.9 Å². The van der Waals surface area contributed by atoms with Crippen LogP contribution in [0.5, 0.6) is 0 Å². The number of amides is 1. The topological polar surface area (TPSA) is 125 Å². The highest BCUT2D eigenvalue weighted by atomic mass is 19.1. The van der Waals surface area contributed by atoms with Crippen molar-refractivity contribution in [1.82, 2.24) is 35.1 Å². The lowest BCUT2D eigenvalue weighted by molar-refractivity contribution is -0.117. The number of nitrogens with zero attached hydrogens (tertiary/aromatic N) is 5. The second-order valence-corrected chi connectivity index (χ2v) is 10.6. The normalized spacial score (nSPS) is 11.8. The van der Waals surface area contributed by atoms with Gasteiger partial charge in [0.05, 0.1) is 17.3 Å². The summed E-state index contributed by atoms with van der Waals surface area (Å²) in [5.41, 5.74) is 6.21. The Labute approximate surface area is 223 Å². The van der Waals surface area contributed by atoms with Crippen LogP contribution in [0.4, 0.5) is 10.1 Å². The molecule has 0 aliphatic carbocycles. The molecule has 0 saturated heterocycles. The average Bonchev–Trinajstić information content (AvgIpc) is 3.52. The van der Waals surface area contributed by atoms with Gasteiger partial charge in [0.1, 0.15) is 17.0 Å². The Balaban J connectivity index is 1.36. The summed E-state index contributed by atoms with van der Waals surface area (Å²) in [6, 6.07) is 11.9. The molecule has 10 heteroatoms. The first-order valence-corrected chi connectivity index (χ1v) is 12.4. The lowest BCUT2D eigenvalue weighted by atomic mass is 9.92. The largest absolute Gasteiger partial charge is 0.325 e. The molecule has 1 aromatic carbocycles. The minimum atomic E-state index is -0.300. The third-order valence-corrected chi connectivity index (χ3v) is 6.23. The molecular weight excluding hydrogens is 495 g/mol. The van der Waals surface area contributed by atoms with Gasteiger partial charge in [-0.25, -0.2) is 19.3 Å². The van der Waals surface area contributed by atoms with Crippen LogP contribution in [0.2, 0.25) is 0 Å². The Morgan fingerprint density at radius 2 is 1.74 bits per heavy atom. The molecule has 0 aliphatic rings. The fourth-order valence-electron chi connectivity index (χ4n) is 4.48. The van der Waals surface area contributed by atoms with Gasteiger partial charge in [-0.15, -0.1) is 0 Å². The van der Waals surface area contributed by atoms with Crippen LogP contribution in [0.3, 0.4) is 0 Å². The number of benzene rings is 1. The van der Waals surface area contributed by atoms with Gasteiger partial charge < -0.3 is 10.3 Å². The van der Waals surface area contributed by atoms with Gasteiger partial charge in [-0.3, -0.25) is 14.9 Å². The highest BCUT2D eigenvalue weighted by Gasteiger charge is 2.18. The van der Waals surface area contributed by atoms with E-state index in [1.807, 2.05) is 39.0 Å². The van der Waals surface area contributed by atoms with E-state index in [2.05, 4.69) is 35.5 Å². The summed E-state index contributed by atoms with van der Waals surface area (Å²) in [4.78, 5) is 33.8. The molecule has 9 nitrogen and oxygen atoms in total. The number of imidazole rings is 1. The Kier molecular flexibility index (Phi) is 5.86. The third kappa shape index (κ3) is 4.96. The Hall–Kier alpha value is -4.99. The van der Waals surface area contributed by atoms with Crippen LogP contribution in [0.25, 0.3) is 56.0 Å². The number of carbonyl (C=O) groups excluding carboxylic acids is 1. The highest BCUT2D eigenvalue weighted by Crippen LogP contribution is 2.32. The maximum absolute atomic E-state index is 13.5. The van der Waals surface area contributed by atoms with E-state index in [0.717, 1.165) is 27.6 Å². The first-order valence-electron chi connectivity index (χ1n) is 12.4. The van der Waals surface area contributed by atoms with Crippen LogP contribution in [0.1, 0.15) is 27.2 Å². The maximum atomic E-state index is 13.5. The highest BCUT2D eigenvalue weighted by molar-refractivity contribution is 5.96. The van der Waals surface area contributed by atoms with Crippen molar-refractivity contribution >= 4 is 33.8 Å². The van der Waals surface area contributed by atoms with Gasteiger partial charge in [-0.05, 0) is 41.3 Å². The molecule has 0 fully saturated rings. The molecule has 6 rings (SSSR count). The molecule has 194 valence electrons. The number of nitrogens with one attached hydrogen (secondary N) is 3. The minimum absolute atomic E-state index is 0.0642. The van der Waals surface area contributed by atoms with E-state index < -0.39 is 0 Å². The number of hydrogen-bond donors (Lipinski definition) is 3. The van der Waals surface area contributed by atoms with Crippen molar-refractivity contribution in [3.8, 4) is 33.8 Å². The lowest BCUT2D eigenvalue weighted by Crippen LogP contribution is -2.19. The second-order valence-electron chi connectivity index (χ2n) is 10.6. The third-order valence-electron chi connectivity index (χ3n) is 6.23. The van der Waals surface area contributed by atoms with Crippen molar-refractivity contribution in [3.05, 3.63) is 73.1 Å². The number of carbonyl (C=O) groups is 1. The number of pyridine rings is 3. The van der Waals surface area contributed by atoms with E-state index in [9.17, 15) is 9.18 Å². The average molecular weight is 521 g/mol. The fraction of sp³-hybridized carbons (Fsp3) is 0.172. The number of halogens is 1. The minimum Gasteiger partial charge on any atom is -0.325 e. The molecule has 3 N–H and O–H groups in total. The van der Waals surface area contributed by atoms with Crippen molar-refractivity contribution in [2.75, 3.05) is 5.32 Å². The van der Waals surface area contributed by atoms with Crippen molar-refractivity contribution < 1.29 is 9.18 Å². The van der Waals surface area contributed by atoms with Gasteiger partial charge in [-0.1, -0.05) is 32.9 Å². The lowest BCUT2D eigenvalue weighted by Gasteiger charge is -2.17.